The van der Waals surface area contributed by atoms with Crippen molar-refractivity contribution < 1.29 is 4.39 Å². The molecule has 4 nitrogen and oxygen atoms in total. The van der Waals surface area contributed by atoms with E-state index >= 15 is 0 Å². The molecule has 0 amide bonds. The lowest BCUT2D eigenvalue weighted by atomic mass is 10.2. The highest BCUT2D eigenvalue weighted by Gasteiger charge is 2.11. The van der Waals surface area contributed by atoms with Gasteiger partial charge in [0.1, 0.15) is 6.67 Å². The van der Waals surface area contributed by atoms with E-state index in [0.717, 1.165) is 4.68 Å². The molecular weight excluding hydrogens is 173 g/mol. The van der Waals surface area contributed by atoms with Crippen molar-refractivity contribution in [2.45, 2.75) is 27.1 Å². The summed E-state index contributed by atoms with van der Waals surface area (Å²) in [5.41, 5.74) is -0.249. The molecular formula is C8H14FN3O. The van der Waals surface area contributed by atoms with Crippen LogP contribution >= 0.6 is 0 Å². The Labute approximate surface area is 76.0 Å². The number of hydrogen-bond acceptors (Lipinski definition) is 2. The van der Waals surface area contributed by atoms with Crippen LogP contribution in [0, 0.1) is 5.92 Å². The predicted octanol–water partition coefficient (Wildman–Crippen LogP) is 0.707. The molecule has 0 bridgehead atoms. The maximum absolute atomic E-state index is 12.4. The molecule has 0 spiro atoms. The Morgan fingerprint density at radius 3 is 2.62 bits per heavy atom. The van der Waals surface area contributed by atoms with Crippen molar-refractivity contribution in [3.8, 4) is 0 Å². The van der Waals surface area contributed by atoms with Crippen LogP contribution in [0.15, 0.2) is 4.79 Å². The van der Waals surface area contributed by atoms with Gasteiger partial charge in [0, 0.05) is 13.6 Å². The summed E-state index contributed by atoms with van der Waals surface area (Å²) >= 11 is 0. The van der Waals surface area contributed by atoms with Gasteiger partial charge in [0.15, 0.2) is 5.82 Å². The number of hydrogen-bond donors (Lipinski definition) is 0. The minimum Gasteiger partial charge on any atom is -0.276 e. The third-order valence-corrected chi connectivity index (χ3v) is 1.75. The average molecular weight is 187 g/mol. The predicted molar refractivity (Wildman–Crippen MR) is 47.1 cm³/mol. The van der Waals surface area contributed by atoms with Crippen LogP contribution in [0.5, 0.6) is 0 Å². The molecule has 0 saturated heterocycles. The Bertz CT molecular complexity index is 340. The van der Waals surface area contributed by atoms with Crippen LogP contribution in [-0.2, 0) is 20.3 Å². The second kappa shape index (κ2) is 3.72. The fourth-order valence-electron chi connectivity index (χ4n) is 1.20. The summed E-state index contributed by atoms with van der Waals surface area (Å²) in [5, 5.41) is 3.77. The first-order valence-electron chi connectivity index (χ1n) is 4.25. The zero-order valence-corrected chi connectivity index (χ0v) is 8.12. The molecule has 0 unspecified atom stereocenters. The molecule has 5 heteroatoms. The number of rotatable bonds is 3. The van der Waals surface area contributed by atoms with Gasteiger partial charge < -0.3 is 0 Å². The highest BCUT2D eigenvalue weighted by molar-refractivity contribution is 4.85. The molecule has 0 N–H and O–H groups in total. The normalized spacial score (nSPS) is 11.2. The first-order valence-corrected chi connectivity index (χ1v) is 4.25. The van der Waals surface area contributed by atoms with E-state index in [1.165, 1.54) is 11.6 Å². The lowest BCUT2D eigenvalue weighted by Crippen LogP contribution is -2.25. The third-order valence-electron chi connectivity index (χ3n) is 1.75. The van der Waals surface area contributed by atoms with Crippen molar-refractivity contribution in [1.82, 2.24) is 14.3 Å². The molecule has 13 heavy (non-hydrogen) atoms. The summed E-state index contributed by atoms with van der Waals surface area (Å²) in [4.78, 5) is 11.4. The van der Waals surface area contributed by atoms with Crippen LogP contribution in [-0.4, -0.2) is 14.3 Å². The van der Waals surface area contributed by atoms with E-state index < -0.39 is 6.67 Å². The topological polar surface area (TPSA) is 39.8 Å². The van der Waals surface area contributed by atoms with Crippen molar-refractivity contribution in [1.29, 1.82) is 0 Å². The van der Waals surface area contributed by atoms with E-state index in [0.29, 0.717) is 12.5 Å². The van der Waals surface area contributed by atoms with Crippen molar-refractivity contribution >= 4 is 0 Å². The second-order valence-electron chi connectivity index (χ2n) is 3.46. The molecule has 1 aromatic heterocycles. The molecule has 1 aromatic rings. The van der Waals surface area contributed by atoms with Crippen molar-refractivity contribution in [3.63, 3.8) is 0 Å². The quantitative estimate of drug-likeness (QED) is 0.699. The van der Waals surface area contributed by atoms with Crippen molar-refractivity contribution in [3.05, 3.63) is 16.3 Å². The van der Waals surface area contributed by atoms with Crippen LogP contribution in [0.3, 0.4) is 0 Å². The fraction of sp³-hybridized carbons (Fsp3) is 0.750. The number of nitrogens with zero attached hydrogens (tertiary/aromatic N) is 3. The molecule has 1 rings (SSSR count). The van der Waals surface area contributed by atoms with Crippen LogP contribution < -0.4 is 5.69 Å². The summed E-state index contributed by atoms with van der Waals surface area (Å²) in [6.07, 6.45) is 0. The smallest absolute Gasteiger partial charge is 0.276 e. The summed E-state index contributed by atoms with van der Waals surface area (Å²) in [6.45, 7) is 3.78. The molecule has 74 valence electrons. The SMILES string of the molecule is CC(C)Cn1c(CF)nn(C)c1=O. The zero-order chi connectivity index (χ0) is 10.0. The minimum absolute atomic E-state index is 0.209. The van der Waals surface area contributed by atoms with Crippen LogP contribution in [0.4, 0.5) is 4.39 Å². The van der Waals surface area contributed by atoms with Crippen molar-refractivity contribution in [2.75, 3.05) is 0 Å². The van der Waals surface area contributed by atoms with Crippen LogP contribution in [0.1, 0.15) is 19.7 Å². The third kappa shape index (κ3) is 1.96. The van der Waals surface area contributed by atoms with E-state index in [9.17, 15) is 9.18 Å². The molecule has 0 atom stereocenters. The van der Waals surface area contributed by atoms with Gasteiger partial charge in [0.2, 0.25) is 0 Å². The van der Waals surface area contributed by atoms with E-state index in [1.54, 1.807) is 0 Å². The lowest BCUT2D eigenvalue weighted by Gasteiger charge is -2.05. The Morgan fingerprint density at radius 1 is 1.54 bits per heavy atom. The van der Waals surface area contributed by atoms with Gasteiger partial charge in [-0.3, -0.25) is 4.57 Å². The van der Waals surface area contributed by atoms with Gasteiger partial charge in [-0.1, -0.05) is 13.8 Å². The first-order chi connectivity index (χ1) is 6.06. The largest absolute Gasteiger partial charge is 0.345 e. The molecule has 0 fully saturated rings. The highest BCUT2D eigenvalue weighted by Crippen LogP contribution is 2.00. The number of halogens is 1. The first kappa shape index (κ1) is 9.95. The maximum atomic E-state index is 12.4. The minimum atomic E-state index is -0.692. The fourth-order valence-corrected chi connectivity index (χ4v) is 1.20. The Hall–Kier alpha value is -1.13. The van der Waals surface area contributed by atoms with Gasteiger partial charge in [0.25, 0.3) is 0 Å². The van der Waals surface area contributed by atoms with Crippen LogP contribution in [0.2, 0.25) is 0 Å². The maximum Gasteiger partial charge on any atom is 0.345 e. The summed E-state index contributed by atoms with van der Waals surface area (Å²) < 4.78 is 14.9. The van der Waals surface area contributed by atoms with E-state index in [1.807, 2.05) is 13.8 Å². The lowest BCUT2D eigenvalue weighted by molar-refractivity contribution is 0.422. The molecule has 0 aliphatic rings. The van der Waals surface area contributed by atoms with E-state index in [2.05, 4.69) is 5.10 Å². The molecule has 1 heterocycles. The second-order valence-corrected chi connectivity index (χ2v) is 3.46. The van der Waals surface area contributed by atoms with Gasteiger partial charge in [0.05, 0.1) is 0 Å². The van der Waals surface area contributed by atoms with Gasteiger partial charge in [-0.2, -0.15) is 5.10 Å². The average Bonchev–Trinajstić information content (AvgIpc) is 2.31. The summed E-state index contributed by atoms with van der Waals surface area (Å²) in [5.74, 6) is 0.522. The number of aryl methyl sites for hydroxylation is 1. The Morgan fingerprint density at radius 2 is 2.15 bits per heavy atom. The Balaban J connectivity index is 3.09. The zero-order valence-electron chi connectivity index (χ0n) is 8.12. The van der Waals surface area contributed by atoms with Crippen LogP contribution in [0.25, 0.3) is 0 Å². The molecule has 0 aliphatic carbocycles. The summed E-state index contributed by atoms with van der Waals surface area (Å²) in [7, 11) is 1.53. The Kier molecular flexibility index (Phi) is 2.85. The number of aromatic nitrogens is 3. The van der Waals surface area contributed by atoms with Gasteiger partial charge >= 0.3 is 5.69 Å². The monoisotopic (exact) mass is 187 g/mol. The van der Waals surface area contributed by atoms with Gasteiger partial charge in [-0.15, -0.1) is 0 Å². The van der Waals surface area contributed by atoms with E-state index in [-0.39, 0.29) is 11.5 Å². The van der Waals surface area contributed by atoms with Crippen molar-refractivity contribution in [2.24, 2.45) is 13.0 Å². The standard InChI is InChI=1S/C8H14FN3O/c1-6(2)5-12-7(4-9)10-11(3)8(12)13/h6H,4-5H2,1-3H3. The highest BCUT2D eigenvalue weighted by atomic mass is 19.1. The number of alkyl halides is 1. The molecule has 0 aromatic carbocycles. The van der Waals surface area contributed by atoms with Gasteiger partial charge in [-0.05, 0) is 5.92 Å². The molecule has 0 saturated carbocycles. The van der Waals surface area contributed by atoms with Gasteiger partial charge in [-0.25, -0.2) is 13.9 Å². The van der Waals surface area contributed by atoms with E-state index in [4.69, 9.17) is 0 Å². The summed E-state index contributed by atoms with van der Waals surface area (Å²) in [6, 6.07) is 0. The molecule has 0 aliphatic heterocycles. The molecule has 0 radical (unpaired) electrons.